The third-order valence-corrected chi connectivity index (χ3v) is 3.10. The summed E-state index contributed by atoms with van der Waals surface area (Å²) in [6.07, 6.45) is 0.628. The molecular weight excluding hydrogens is 208 g/mol. The number of benzene rings is 2. The van der Waals surface area contributed by atoms with Crippen molar-refractivity contribution in [1.82, 2.24) is 0 Å². The van der Waals surface area contributed by atoms with E-state index in [0.29, 0.717) is 6.42 Å². The molecule has 1 atom stereocenters. The lowest BCUT2D eigenvalue weighted by Crippen LogP contribution is -2.37. The van der Waals surface area contributed by atoms with Crippen LogP contribution >= 0.6 is 0 Å². The molecular formula is C16H12O. The van der Waals surface area contributed by atoms with E-state index in [1.54, 1.807) is 0 Å². The SMILES string of the molecule is O[C@]1(C#Cc2ccccc2)Cc2ccccc21. The van der Waals surface area contributed by atoms with E-state index in [9.17, 15) is 5.11 Å². The topological polar surface area (TPSA) is 20.2 Å². The van der Waals surface area contributed by atoms with Crippen LogP contribution in [0.5, 0.6) is 0 Å². The third-order valence-electron chi connectivity index (χ3n) is 3.10. The second kappa shape index (κ2) is 3.76. The summed E-state index contributed by atoms with van der Waals surface area (Å²) in [6, 6.07) is 17.6. The van der Waals surface area contributed by atoms with Crippen molar-refractivity contribution in [2.75, 3.05) is 0 Å². The lowest BCUT2D eigenvalue weighted by molar-refractivity contribution is 0.0756. The molecule has 17 heavy (non-hydrogen) atoms. The molecule has 1 heteroatoms. The molecule has 0 saturated carbocycles. The van der Waals surface area contributed by atoms with Crippen molar-refractivity contribution in [3.05, 3.63) is 71.3 Å². The van der Waals surface area contributed by atoms with E-state index in [1.165, 1.54) is 5.56 Å². The smallest absolute Gasteiger partial charge is 0.155 e. The zero-order valence-electron chi connectivity index (χ0n) is 9.35. The third kappa shape index (κ3) is 1.73. The highest BCUT2D eigenvalue weighted by molar-refractivity contribution is 5.50. The number of rotatable bonds is 0. The molecule has 2 aromatic rings. The lowest BCUT2D eigenvalue weighted by Gasteiger charge is -2.34. The Bertz CT molecular complexity index is 604. The van der Waals surface area contributed by atoms with Crippen LogP contribution in [0.4, 0.5) is 0 Å². The molecule has 0 aliphatic heterocycles. The Morgan fingerprint density at radius 3 is 2.41 bits per heavy atom. The van der Waals surface area contributed by atoms with E-state index < -0.39 is 5.60 Å². The second-order valence-corrected chi connectivity index (χ2v) is 4.31. The van der Waals surface area contributed by atoms with Crippen molar-refractivity contribution in [2.45, 2.75) is 12.0 Å². The zero-order chi connectivity index (χ0) is 11.7. The van der Waals surface area contributed by atoms with Crippen molar-refractivity contribution in [3.63, 3.8) is 0 Å². The van der Waals surface area contributed by atoms with Gasteiger partial charge in [0.2, 0.25) is 0 Å². The molecule has 0 saturated heterocycles. The van der Waals surface area contributed by atoms with E-state index in [2.05, 4.69) is 11.8 Å². The van der Waals surface area contributed by atoms with Crippen molar-refractivity contribution in [1.29, 1.82) is 0 Å². The van der Waals surface area contributed by atoms with Crippen LogP contribution < -0.4 is 0 Å². The van der Waals surface area contributed by atoms with Gasteiger partial charge in [0.15, 0.2) is 5.60 Å². The van der Waals surface area contributed by atoms with Gasteiger partial charge in [-0.25, -0.2) is 0 Å². The molecule has 0 heterocycles. The Balaban J connectivity index is 1.92. The summed E-state index contributed by atoms with van der Waals surface area (Å²) in [5.74, 6) is 6.00. The van der Waals surface area contributed by atoms with E-state index in [0.717, 1.165) is 11.1 Å². The average Bonchev–Trinajstić information content (AvgIpc) is 2.37. The molecule has 0 fully saturated rings. The summed E-state index contributed by atoms with van der Waals surface area (Å²) in [6.45, 7) is 0. The van der Waals surface area contributed by atoms with Crippen LogP contribution in [0.2, 0.25) is 0 Å². The number of fused-ring (bicyclic) bond motifs is 1. The number of hydrogen-bond donors (Lipinski definition) is 1. The molecule has 1 aliphatic carbocycles. The minimum Gasteiger partial charge on any atom is -0.373 e. The summed E-state index contributed by atoms with van der Waals surface area (Å²) in [4.78, 5) is 0. The van der Waals surface area contributed by atoms with Gasteiger partial charge in [-0.3, -0.25) is 0 Å². The van der Waals surface area contributed by atoms with E-state index >= 15 is 0 Å². The summed E-state index contributed by atoms with van der Waals surface area (Å²) >= 11 is 0. The molecule has 1 aliphatic rings. The van der Waals surface area contributed by atoms with Crippen LogP contribution in [0.1, 0.15) is 16.7 Å². The average molecular weight is 220 g/mol. The second-order valence-electron chi connectivity index (χ2n) is 4.31. The van der Waals surface area contributed by atoms with Gasteiger partial charge in [-0.2, -0.15) is 0 Å². The van der Waals surface area contributed by atoms with Crippen molar-refractivity contribution < 1.29 is 5.11 Å². The first-order valence-electron chi connectivity index (χ1n) is 5.67. The van der Waals surface area contributed by atoms with E-state index in [4.69, 9.17) is 0 Å². The maximum absolute atomic E-state index is 10.3. The fraction of sp³-hybridized carbons (Fsp3) is 0.125. The summed E-state index contributed by atoms with van der Waals surface area (Å²) in [5.41, 5.74) is 2.12. The van der Waals surface area contributed by atoms with Crippen LogP contribution in [-0.2, 0) is 12.0 Å². The Morgan fingerprint density at radius 1 is 0.941 bits per heavy atom. The van der Waals surface area contributed by atoms with Gasteiger partial charge in [-0.05, 0) is 23.3 Å². The molecule has 0 spiro atoms. The maximum atomic E-state index is 10.3. The van der Waals surface area contributed by atoms with Gasteiger partial charge in [0.05, 0.1) is 0 Å². The van der Waals surface area contributed by atoms with Crippen LogP contribution in [0, 0.1) is 11.8 Å². The Kier molecular flexibility index (Phi) is 2.24. The fourth-order valence-electron chi connectivity index (χ4n) is 2.15. The first kappa shape index (κ1) is 10.1. The van der Waals surface area contributed by atoms with Gasteiger partial charge >= 0.3 is 0 Å². The molecule has 82 valence electrons. The van der Waals surface area contributed by atoms with Crippen molar-refractivity contribution in [3.8, 4) is 11.8 Å². The Labute approximate surface area is 101 Å². The molecule has 1 N–H and O–H groups in total. The first-order valence-corrected chi connectivity index (χ1v) is 5.67. The van der Waals surface area contributed by atoms with E-state index in [1.807, 2.05) is 54.6 Å². The molecule has 0 radical (unpaired) electrons. The quantitative estimate of drug-likeness (QED) is 0.676. The van der Waals surface area contributed by atoms with Gasteiger partial charge in [0.25, 0.3) is 0 Å². The molecule has 0 unspecified atom stereocenters. The minimum atomic E-state index is -0.952. The van der Waals surface area contributed by atoms with E-state index in [-0.39, 0.29) is 0 Å². The predicted molar refractivity (Wildman–Crippen MR) is 67.4 cm³/mol. The van der Waals surface area contributed by atoms with Crippen LogP contribution in [0.3, 0.4) is 0 Å². The Morgan fingerprint density at radius 2 is 1.65 bits per heavy atom. The van der Waals surface area contributed by atoms with Gasteiger partial charge in [0.1, 0.15) is 0 Å². The normalized spacial score (nSPS) is 20.8. The lowest BCUT2D eigenvalue weighted by atomic mass is 9.74. The highest BCUT2D eigenvalue weighted by Gasteiger charge is 2.38. The van der Waals surface area contributed by atoms with Gasteiger partial charge in [-0.1, -0.05) is 54.3 Å². The predicted octanol–water partition coefficient (Wildman–Crippen LogP) is 2.48. The maximum Gasteiger partial charge on any atom is 0.155 e. The standard InChI is InChI=1S/C16H12O/c17-16(11-10-13-6-2-1-3-7-13)12-14-8-4-5-9-15(14)16/h1-9,17H,12H2/t16-/m1/s1. The summed E-state index contributed by atoms with van der Waals surface area (Å²) in [5, 5.41) is 10.3. The van der Waals surface area contributed by atoms with Gasteiger partial charge < -0.3 is 5.11 Å². The molecule has 0 amide bonds. The van der Waals surface area contributed by atoms with Gasteiger partial charge in [0, 0.05) is 12.0 Å². The highest BCUT2D eigenvalue weighted by atomic mass is 16.3. The van der Waals surface area contributed by atoms with Crippen LogP contribution in [-0.4, -0.2) is 5.11 Å². The molecule has 0 aromatic heterocycles. The van der Waals surface area contributed by atoms with Crippen molar-refractivity contribution >= 4 is 0 Å². The first-order chi connectivity index (χ1) is 8.28. The highest BCUT2D eigenvalue weighted by Crippen LogP contribution is 2.38. The summed E-state index contributed by atoms with van der Waals surface area (Å²) < 4.78 is 0. The molecule has 1 nitrogen and oxygen atoms in total. The van der Waals surface area contributed by atoms with Crippen LogP contribution in [0.15, 0.2) is 54.6 Å². The molecule has 2 aromatic carbocycles. The van der Waals surface area contributed by atoms with Crippen molar-refractivity contribution in [2.24, 2.45) is 0 Å². The Hall–Kier alpha value is -2.04. The molecule has 0 bridgehead atoms. The van der Waals surface area contributed by atoms with Gasteiger partial charge in [-0.15, -0.1) is 0 Å². The fourth-order valence-corrected chi connectivity index (χ4v) is 2.15. The minimum absolute atomic E-state index is 0.628. The summed E-state index contributed by atoms with van der Waals surface area (Å²) in [7, 11) is 0. The van der Waals surface area contributed by atoms with Crippen LogP contribution in [0.25, 0.3) is 0 Å². The molecule has 3 rings (SSSR count). The largest absolute Gasteiger partial charge is 0.373 e. The zero-order valence-corrected chi connectivity index (χ0v) is 9.35. The number of aliphatic hydroxyl groups is 1. The number of hydrogen-bond acceptors (Lipinski definition) is 1. The monoisotopic (exact) mass is 220 g/mol.